The van der Waals surface area contributed by atoms with Gasteiger partial charge in [-0.25, -0.2) is 0 Å². The van der Waals surface area contributed by atoms with Crippen LogP contribution in [0.25, 0.3) is 0 Å². The van der Waals surface area contributed by atoms with Gasteiger partial charge in [0.1, 0.15) is 0 Å². The first-order valence-electron chi connectivity index (χ1n) is 4.68. The number of nitrogens with one attached hydrogen (secondary N) is 1. The third-order valence-corrected chi connectivity index (χ3v) is 3.70. The predicted octanol–water partition coefficient (Wildman–Crippen LogP) is 0.359. The number of hydrogen-bond donors (Lipinski definition) is 1. The van der Waals surface area contributed by atoms with Gasteiger partial charge in [0.25, 0.3) is 0 Å². The fraction of sp³-hybridized carbons (Fsp3) is 0.889. The van der Waals surface area contributed by atoms with Crippen molar-refractivity contribution in [2.24, 2.45) is 0 Å². The molecule has 0 atom stereocenters. The monoisotopic (exact) mass is 168 g/mol. The van der Waals surface area contributed by atoms with E-state index >= 15 is 0 Å². The van der Waals surface area contributed by atoms with Crippen LogP contribution in [0.1, 0.15) is 25.7 Å². The largest absolute Gasteiger partial charge is 0.357 e. The Morgan fingerprint density at radius 1 is 1.58 bits per heavy atom. The van der Waals surface area contributed by atoms with E-state index in [2.05, 4.69) is 17.3 Å². The van der Waals surface area contributed by atoms with Gasteiger partial charge in [-0.05, 0) is 32.7 Å². The van der Waals surface area contributed by atoms with E-state index in [1.807, 2.05) is 0 Å². The molecule has 0 aromatic rings. The number of nitrogens with zero attached hydrogens (tertiary/aromatic N) is 1. The van der Waals surface area contributed by atoms with Gasteiger partial charge in [-0.15, -0.1) is 0 Å². The minimum Gasteiger partial charge on any atom is -0.357 e. The predicted molar refractivity (Wildman–Crippen MR) is 46.8 cm³/mol. The summed E-state index contributed by atoms with van der Waals surface area (Å²) in [5, 5.41) is 2.82. The molecule has 0 aromatic carbocycles. The first-order chi connectivity index (χ1) is 5.78. The van der Waals surface area contributed by atoms with E-state index in [-0.39, 0.29) is 0 Å². The lowest BCUT2D eigenvalue weighted by atomic mass is 9.88. The molecule has 2 aliphatic heterocycles. The van der Waals surface area contributed by atoms with Crippen LogP contribution in [0.2, 0.25) is 0 Å². The molecule has 0 unspecified atom stereocenters. The zero-order valence-corrected chi connectivity index (χ0v) is 7.55. The van der Waals surface area contributed by atoms with E-state index in [1.54, 1.807) is 0 Å². The van der Waals surface area contributed by atoms with Crippen molar-refractivity contribution in [3.8, 4) is 0 Å². The Kier molecular flexibility index (Phi) is 1.83. The first kappa shape index (κ1) is 8.05. The fourth-order valence-electron chi connectivity index (χ4n) is 2.80. The van der Waals surface area contributed by atoms with Gasteiger partial charge in [0, 0.05) is 18.1 Å². The van der Waals surface area contributed by atoms with Gasteiger partial charge in [-0.2, -0.15) is 0 Å². The molecule has 3 nitrogen and oxygen atoms in total. The third kappa shape index (κ3) is 0.959. The van der Waals surface area contributed by atoms with Crippen molar-refractivity contribution in [2.45, 2.75) is 37.3 Å². The second kappa shape index (κ2) is 2.73. The van der Waals surface area contributed by atoms with E-state index in [1.165, 1.54) is 25.7 Å². The van der Waals surface area contributed by atoms with Gasteiger partial charge in [0.15, 0.2) is 0 Å². The lowest BCUT2D eigenvalue weighted by Gasteiger charge is -2.31. The van der Waals surface area contributed by atoms with Gasteiger partial charge in [-0.1, -0.05) is 0 Å². The van der Waals surface area contributed by atoms with Gasteiger partial charge >= 0.3 is 0 Å². The van der Waals surface area contributed by atoms with Crippen LogP contribution in [0.5, 0.6) is 0 Å². The molecule has 1 N–H and O–H groups in total. The number of hydrogen-bond acceptors (Lipinski definition) is 2. The van der Waals surface area contributed by atoms with Crippen molar-refractivity contribution in [3.63, 3.8) is 0 Å². The average molecular weight is 168 g/mol. The fourth-order valence-corrected chi connectivity index (χ4v) is 2.80. The molecule has 3 heteroatoms. The van der Waals surface area contributed by atoms with Crippen LogP contribution >= 0.6 is 0 Å². The van der Waals surface area contributed by atoms with Crippen LogP contribution in [0.15, 0.2) is 0 Å². The maximum absolute atomic E-state index is 10.2. The molecule has 2 saturated heterocycles. The Labute approximate surface area is 73.1 Å². The average Bonchev–Trinajstić information content (AvgIpc) is 2.57. The highest BCUT2D eigenvalue weighted by atomic mass is 16.1. The molecule has 2 rings (SSSR count). The van der Waals surface area contributed by atoms with E-state index in [0.717, 1.165) is 19.0 Å². The first-order valence-corrected chi connectivity index (χ1v) is 4.68. The zero-order valence-electron chi connectivity index (χ0n) is 7.55. The SMILES string of the molecule is CN1C2CCC1(CNC=O)CC2. The zero-order chi connectivity index (χ0) is 8.60. The minimum atomic E-state index is 0.311. The highest BCUT2D eigenvalue weighted by Gasteiger charge is 2.48. The molecule has 2 aliphatic rings. The normalized spacial score (nSPS) is 40.2. The summed E-state index contributed by atoms with van der Waals surface area (Å²) in [4.78, 5) is 12.7. The number of rotatable bonds is 3. The minimum absolute atomic E-state index is 0.311. The Bertz CT molecular complexity index is 185. The Morgan fingerprint density at radius 2 is 2.25 bits per heavy atom. The van der Waals surface area contributed by atoms with Crippen LogP contribution in [0.3, 0.4) is 0 Å². The summed E-state index contributed by atoms with van der Waals surface area (Å²) in [7, 11) is 2.19. The van der Waals surface area contributed by atoms with Gasteiger partial charge in [0.05, 0.1) is 0 Å². The summed E-state index contributed by atoms with van der Waals surface area (Å²) in [5.74, 6) is 0. The lowest BCUT2D eigenvalue weighted by Crippen LogP contribution is -2.46. The Balaban J connectivity index is 2.04. The van der Waals surface area contributed by atoms with Crippen molar-refractivity contribution < 1.29 is 4.79 Å². The van der Waals surface area contributed by atoms with E-state index in [9.17, 15) is 4.79 Å². The molecule has 0 aromatic heterocycles. The van der Waals surface area contributed by atoms with Crippen molar-refractivity contribution in [3.05, 3.63) is 0 Å². The van der Waals surface area contributed by atoms with Crippen LogP contribution in [-0.4, -0.2) is 36.5 Å². The van der Waals surface area contributed by atoms with Crippen molar-refractivity contribution in [1.82, 2.24) is 10.2 Å². The highest BCUT2D eigenvalue weighted by Crippen LogP contribution is 2.44. The van der Waals surface area contributed by atoms with Crippen LogP contribution in [0, 0.1) is 0 Å². The quantitative estimate of drug-likeness (QED) is 0.617. The number of amides is 1. The topological polar surface area (TPSA) is 32.3 Å². The van der Waals surface area contributed by atoms with Gasteiger partial charge in [-0.3, -0.25) is 9.69 Å². The molecule has 0 spiro atoms. The molecule has 0 radical (unpaired) electrons. The summed E-state index contributed by atoms with van der Waals surface area (Å²) in [5.41, 5.74) is 0.311. The smallest absolute Gasteiger partial charge is 0.207 e. The molecular formula is C9H16N2O. The summed E-state index contributed by atoms with van der Waals surface area (Å²) in [6.45, 7) is 0.837. The number of carbonyl (C=O) groups is 1. The number of likely N-dealkylation sites (N-methyl/N-ethyl adjacent to an activating group) is 1. The summed E-state index contributed by atoms with van der Waals surface area (Å²) in [6, 6.07) is 0.790. The van der Waals surface area contributed by atoms with Crippen molar-refractivity contribution in [1.29, 1.82) is 0 Å². The van der Waals surface area contributed by atoms with Gasteiger partial charge in [0.2, 0.25) is 6.41 Å². The van der Waals surface area contributed by atoms with Crippen molar-refractivity contribution in [2.75, 3.05) is 13.6 Å². The number of fused-ring (bicyclic) bond motifs is 2. The van der Waals surface area contributed by atoms with Gasteiger partial charge < -0.3 is 5.32 Å². The molecule has 0 aliphatic carbocycles. The van der Waals surface area contributed by atoms with Crippen molar-refractivity contribution >= 4 is 6.41 Å². The summed E-state index contributed by atoms with van der Waals surface area (Å²) < 4.78 is 0. The van der Waals surface area contributed by atoms with Crippen LogP contribution in [0.4, 0.5) is 0 Å². The lowest BCUT2D eigenvalue weighted by molar-refractivity contribution is -0.110. The second-order valence-electron chi connectivity index (χ2n) is 4.07. The van der Waals surface area contributed by atoms with Crippen LogP contribution < -0.4 is 5.32 Å². The molecule has 12 heavy (non-hydrogen) atoms. The number of carbonyl (C=O) groups excluding carboxylic acids is 1. The molecular weight excluding hydrogens is 152 g/mol. The van der Waals surface area contributed by atoms with E-state index in [4.69, 9.17) is 0 Å². The second-order valence-corrected chi connectivity index (χ2v) is 4.07. The third-order valence-electron chi connectivity index (χ3n) is 3.70. The van der Waals surface area contributed by atoms with Crippen LogP contribution in [-0.2, 0) is 4.79 Å². The molecule has 0 saturated carbocycles. The maximum Gasteiger partial charge on any atom is 0.207 e. The Hall–Kier alpha value is -0.570. The Morgan fingerprint density at radius 3 is 2.67 bits per heavy atom. The molecule has 2 fully saturated rings. The molecule has 2 heterocycles. The summed E-state index contributed by atoms with van der Waals surface area (Å²) in [6.07, 6.45) is 5.96. The molecule has 1 amide bonds. The highest BCUT2D eigenvalue weighted by molar-refractivity contribution is 5.46. The van der Waals surface area contributed by atoms with E-state index < -0.39 is 0 Å². The summed E-state index contributed by atoms with van der Waals surface area (Å²) >= 11 is 0. The molecule has 68 valence electrons. The maximum atomic E-state index is 10.2. The standard InChI is InChI=1S/C9H16N2O/c1-11-8-2-4-9(11,5-3-8)6-10-7-12/h7-8H,2-6H2,1H3,(H,10,12). The van der Waals surface area contributed by atoms with E-state index in [0.29, 0.717) is 5.54 Å². The molecule has 2 bridgehead atoms.